The minimum absolute atomic E-state index is 0.150. The zero-order valence-corrected chi connectivity index (χ0v) is 10.8. The van der Waals surface area contributed by atoms with Crippen LogP contribution in [0.2, 0.25) is 5.02 Å². The predicted molar refractivity (Wildman–Crippen MR) is 70.3 cm³/mol. The monoisotopic (exact) mass is 270 g/mol. The van der Waals surface area contributed by atoms with Crippen LogP contribution in [0.4, 0.5) is 10.1 Å². The standard InChI is InChI=1S/C13H16ClFN2O/c14-10-1-2-11(15)12(8-10)17-13(18)7-9-3-5-16-6-4-9/h1-2,8-9,16H,3-7H2,(H,17,18). The molecule has 1 aromatic carbocycles. The van der Waals surface area contributed by atoms with Crippen molar-refractivity contribution in [1.29, 1.82) is 0 Å². The predicted octanol–water partition coefficient (Wildman–Crippen LogP) is 2.81. The van der Waals surface area contributed by atoms with Crippen molar-refractivity contribution in [2.75, 3.05) is 18.4 Å². The number of carbonyl (C=O) groups excluding carboxylic acids is 1. The third kappa shape index (κ3) is 3.68. The third-order valence-electron chi connectivity index (χ3n) is 3.14. The van der Waals surface area contributed by atoms with Crippen molar-refractivity contribution in [1.82, 2.24) is 5.32 Å². The second kappa shape index (κ2) is 6.16. The summed E-state index contributed by atoms with van der Waals surface area (Å²) in [6.45, 7) is 1.90. The van der Waals surface area contributed by atoms with Gasteiger partial charge in [-0.05, 0) is 50.0 Å². The molecule has 0 unspecified atom stereocenters. The first kappa shape index (κ1) is 13.3. The first-order valence-electron chi connectivity index (χ1n) is 6.11. The molecule has 1 aliphatic heterocycles. The number of anilines is 1. The maximum absolute atomic E-state index is 13.4. The Balaban J connectivity index is 1.92. The summed E-state index contributed by atoms with van der Waals surface area (Å²) in [7, 11) is 0. The Kier molecular flexibility index (Phi) is 4.55. The molecule has 5 heteroatoms. The van der Waals surface area contributed by atoms with Crippen molar-refractivity contribution in [2.24, 2.45) is 5.92 Å². The molecule has 0 spiro atoms. The highest BCUT2D eigenvalue weighted by Gasteiger charge is 2.17. The number of piperidine rings is 1. The molecule has 2 rings (SSSR count). The Bertz CT molecular complexity index is 433. The molecule has 0 bridgehead atoms. The van der Waals surface area contributed by atoms with E-state index in [1.807, 2.05) is 0 Å². The number of nitrogens with one attached hydrogen (secondary N) is 2. The maximum atomic E-state index is 13.4. The smallest absolute Gasteiger partial charge is 0.224 e. The lowest BCUT2D eigenvalue weighted by atomic mass is 9.94. The Morgan fingerprint density at radius 1 is 1.44 bits per heavy atom. The van der Waals surface area contributed by atoms with Gasteiger partial charge in [-0.2, -0.15) is 0 Å². The van der Waals surface area contributed by atoms with Crippen LogP contribution < -0.4 is 10.6 Å². The normalized spacial score (nSPS) is 16.6. The van der Waals surface area contributed by atoms with Crippen LogP contribution in [-0.4, -0.2) is 19.0 Å². The van der Waals surface area contributed by atoms with Gasteiger partial charge >= 0.3 is 0 Å². The summed E-state index contributed by atoms with van der Waals surface area (Å²) in [6.07, 6.45) is 2.42. The highest BCUT2D eigenvalue weighted by Crippen LogP contribution is 2.21. The highest BCUT2D eigenvalue weighted by molar-refractivity contribution is 6.30. The molecule has 18 heavy (non-hydrogen) atoms. The van der Waals surface area contributed by atoms with E-state index in [-0.39, 0.29) is 11.6 Å². The summed E-state index contributed by atoms with van der Waals surface area (Å²) < 4.78 is 13.4. The van der Waals surface area contributed by atoms with Gasteiger partial charge in [0, 0.05) is 11.4 Å². The lowest BCUT2D eigenvalue weighted by molar-refractivity contribution is -0.117. The summed E-state index contributed by atoms with van der Waals surface area (Å²) >= 11 is 5.77. The van der Waals surface area contributed by atoms with Gasteiger partial charge < -0.3 is 10.6 Å². The number of hydrogen-bond acceptors (Lipinski definition) is 2. The summed E-state index contributed by atoms with van der Waals surface area (Å²) in [5.41, 5.74) is 0.154. The molecule has 0 atom stereocenters. The Morgan fingerprint density at radius 2 is 2.17 bits per heavy atom. The van der Waals surface area contributed by atoms with E-state index in [9.17, 15) is 9.18 Å². The van der Waals surface area contributed by atoms with Crippen molar-refractivity contribution < 1.29 is 9.18 Å². The quantitative estimate of drug-likeness (QED) is 0.887. The fourth-order valence-electron chi connectivity index (χ4n) is 2.14. The Morgan fingerprint density at radius 3 is 2.89 bits per heavy atom. The first-order chi connectivity index (χ1) is 8.65. The molecule has 0 saturated carbocycles. The lowest BCUT2D eigenvalue weighted by Gasteiger charge is -2.21. The van der Waals surface area contributed by atoms with Gasteiger partial charge in [0.15, 0.2) is 0 Å². The minimum Gasteiger partial charge on any atom is -0.324 e. The van der Waals surface area contributed by atoms with Crippen molar-refractivity contribution >= 4 is 23.2 Å². The molecule has 98 valence electrons. The zero-order chi connectivity index (χ0) is 13.0. The molecule has 0 radical (unpaired) electrons. The molecule has 1 aromatic rings. The molecule has 2 N–H and O–H groups in total. The SMILES string of the molecule is O=C(CC1CCNCC1)Nc1cc(Cl)ccc1F. The van der Waals surface area contributed by atoms with E-state index in [0.717, 1.165) is 25.9 Å². The highest BCUT2D eigenvalue weighted by atomic mass is 35.5. The first-order valence-corrected chi connectivity index (χ1v) is 6.48. The van der Waals surface area contributed by atoms with Crippen LogP contribution in [0.3, 0.4) is 0 Å². The average molecular weight is 271 g/mol. The zero-order valence-electron chi connectivity index (χ0n) is 10.0. The molecule has 1 heterocycles. The van der Waals surface area contributed by atoms with Crippen LogP contribution in [0.5, 0.6) is 0 Å². The molecule has 1 amide bonds. The van der Waals surface area contributed by atoms with E-state index >= 15 is 0 Å². The molecule has 1 fully saturated rings. The van der Waals surface area contributed by atoms with E-state index in [1.165, 1.54) is 18.2 Å². The van der Waals surface area contributed by atoms with Crippen molar-refractivity contribution in [3.05, 3.63) is 29.0 Å². The molecule has 3 nitrogen and oxygen atoms in total. The van der Waals surface area contributed by atoms with Crippen molar-refractivity contribution in [2.45, 2.75) is 19.3 Å². The Labute approximate surface area is 111 Å². The van der Waals surface area contributed by atoms with E-state index in [4.69, 9.17) is 11.6 Å². The fraction of sp³-hybridized carbons (Fsp3) is 0.462. The molecular weight excluding hydrogens is 255 g/mol. The van der Waals surface area contributed by atoms with Gasteiger partial charge in [0.05, 0.1) is 5.69 Å². The van der Waals surface area contributed by atoms with Crippen LogP contribution in [-0.2, 0) is 4.79 Å². The molecule has 1 saturated heterocycles. The van der Waals surface area contributed by atoms with E-state index in [1.54, 1.807) is 0 Å². The van der Waals surface area contributed by atoms with Gasteiger partial charge in [0.2, 0.25) is 5.91 Å². The van der Waals surface area contributed by atoms with Gasteiger partial charge in [-0.3, -0.25) is 4.79 Å². The van der Waals surface area contributed by atoms with Gasteiger partial charge in [-0.25, -0.2) is 4.39 Å². The summed E-state index contributed by atoms with van der Waals surface area (Å²) in [5, 5.41) is 6.24. The average Bonchev–Trinajstić information content (AvgIpc) is 2.35. The number of rotatable bonds is 3. The van der Waals surface area contributed by atoms with Crippen molar-refractivity contribution in [3.63, 3.8) is 0 Å². The number of benzene rings is 1. The van der Waals surface area contributed by atoms with Gasteiger partial charge in [0.25, 0.3) is 0 Å². The lowest BCUT2D eigenvalue weighted by Crippen LogP contribution is -2.30. The maximum Gasteiger partial charge on any atom is 0.224 e. The van der Waals surface area contributed by atoms with Crippen LogP contribution in [0, 0.1) is 11.7 Å². The van der Waals surface area contributed by atoms with Crippen LogP contribution in [0.25, 0.3) is 0 Å². The van der Waals surface area contributed by atoms with Crippen LogP contribution in [0.15, 0.2) is 18.2 Å². The second-order valence-corrected chi connectivity index (χ2v) is 5.01. The number of halogens is 2. The number of carbonyl (C=O) groups is 1. The van der Waals surface area contributed by atoms with Gasteiger partial charge in [-0.1, -0.05) is 11.6 Å². The van der Waals surface area contributed by atoms with E-state index in [0.29, 0.717) is 17.4 Å². The van der Waals surface area contributed by atoms with E-state index in [2.05, 4.69) is 10.6 Å². The number of hydrogen-bond donors (Lipinski definition) is 2. The van der Waals surface area contributed by atoms with E-state index < -0.39 is 5.82 Å². The molecule has 0 aromatic heterocycles. The third-order valence-corrected chi connectivity index (χ3v) is 3.37. The van der Waals surface area contributed by atoms with Crippen molar-refractivity contribution in [3.8, 4) is 0 Å². The largest absolute Gasteiger partial charge is 0.324 e. The summed E-state index contributed by atoms with van der Waals surface area (Å²) in [6, 6.07) is 4.14. The second-order valence-electron chi connectivity index (χ2n) is 4.57. The summed E-state index contributed by atoms with van der Waals surface area (Å²) in [5.74, 6) is -0.227. The van der Waals surface area contributed by atoms with Gasteiger partial charge in [-0.15, -0.1) is 0 Å². The van der Waals surface area contributed by atoms with Crippen LogP contribution >= 0.6 is 11.6 Å². The molecule has 0 aliphatic carbocycles. The van der Waals surface area contributed by atoms with Crippen LogP contribution in [0.1, 0.15) is 19.3 Å². The Hall–Kier alpha value is -1.13. The van der Waals surface area contributed by atoms with Gasteiger partial charge in [0.1, 0.15) is 5.82 Å². The summed E-state index contributed by atoms with van der Waals surface area (Å²) in [4.78, 5) is 11.8. The topological polar surface area (TPSA) is 41.1 Å². The number of amides is 1. The molecular formula is C13H16ClFN2O. The fourth-order valence-corrected chi connectivity index (χ4v) is 2.31. The molecule has 1 aliphatic rings. The minimum atomic E-state index is -0.460.